The first-order chi connectivity index (χ1) is 9.06. The van der Waals surface area contributed by atoms with E-state index in [1.165, 1.54) is 6.07 Å². The number of rotatable bonds is 4. The Kier molecular flexibility index (Phi) is 4.06. The smallest absolute Gasteiger partial charge is 0.251 e. The zero-order valence-corrected chi connectivity index (χ0v) is 11.4. The Hall–Kier alpha value is -2.01. The molecule has 0 amide bonds. The van der Waals surface area contributed by atoms with Crippen LogP contribution in [-0.4, -0.2) is 26.9 Å². The molecule has 0 saturated carbocycles. The van der Waals surface area contributed by atoms with Crippen molar-refractivity contribution >= 4 is 0 Å². The van der Waals surface area contributed by atoms with Crippen LogP contribution in [0.3, 0.4) is 0 Å². The van der Waals surface area contributed by atoms with Crippen LogP contribution < -0.4 is 5.56 Å². The van der Waals surface area contributed by atoms with Crippen LogP contribution in [0.25, 0.3) is 0 Å². The molecule has 0 aromatic carbocycles. The average molecular weight is 258 g/mol. The molecule has 0 aliphatic carbocycles. The van der Waals surface area contributed by atoms with Crippen LogP contribution in [0.4, 0.5) is 0 Å². The Morgan fingerprint density at radius 1 is 1.42 bits per heavy atom. The van der Waals surface area contributed by atoms with Gasteiger partial charge in [0.15, 0.2) is 0 Å². The van der Waals surface area contributed by atoms with Crippen LogP contribution in [0.1, 0.15) is 30.2 Å². The fourth-order valence-corrected chi connectivity index (χ4v) is 1.96. The minimum absolute atomic E-state index is 0.110. The summed E-state index contributed by atoms with van der Waals surface area (Å²) in [6.07, 6.45) is 1.79. The summed E-state index contributed by atoms with van der Waals surface area (Å²) in [6.45, 7) is 4.48. The first kappa shape index (κ1) is 13.4. The molecule has 1 atom stereocenters. The maximum absolute atomic E-state index is 11.4. The van der Waals surface area contributed by atoms with Crippen molar-refractivity contribution in [2.24, 2.45) is 0 Å². The lowest BCUT2D eigenvalue weighted by Gasteiger charge is -2.23. The van der Waals surface area contributed by atoms with Crippen molar-refractivity contribution in [3.8, 4) is 0 Å². The zero-order chi connectivity index (χ0) is 13.8. The number of hydrogen-bond acceptors (Lipinski definition) is 4. The summed E-state index contributed by atoms with van der Waals surface area (Å²) >= 11 is 0. The second kappa shape index (κ2) is 5.75. The van der Waals surface area contributed by atoms with Crippen molar-refractivity contribution in [1.29, 1.82) is 0 Å². The molecule has 0 radical (unpaired) electrons. The van der Waals surface area contributed by atoms with Crippen molar-refractivity contribution in [1.82, 2.24) is 19.9 Å². The second-order valence-electron chi connectivity index (χ2n) is 4.67. The monoisotopic (exact) mass is 258 g/mol. The Morgan fingerprint density at radius 3 is 2.84 bits per heavy atom. The average Bonchev–Trinajstić information content (AvgIpc) is 2.37. The SMILES string of the molecule is Cc1nc(CN(C)[C@H](C)c2ccccn2)cc(=O)[nH]1. The van der Waals surface area contributed by atoms with E-state index in [2.05, 4.69) is 26.8 Å². The molecule has 0 aliphatic heterocycles. The number of aromatic amines is 1. The van der Waals surface area contributed by atoms with Crippen molar-refractivity contribution < 1.29 is 0 Å². The van der Waals surface area contributed by atoms with E-state index in [1.807, 2.05) is 25.2 Å². The molecular formula is C14H18N4O. The summed E-state index contributed by atoms with van der Waals surface area (Å²) in [5.74, 6) is 0.640. The number of nitrogens with one attached hydrogen (secondary N) is 1. The highest BCUT2D eigenvalue weighted by atomic mass is 16.1. The Balaban J connectivity index is 2.12. The molecule has 100 valence electrons. The topological polar surface area (TPSA) is 61.9 Å². The third-order valence-electron chi connectivity index (χ3n) is 3.10. The quantitative estimate of drug-likeness (QED) is 0.906. The molecule has 2 heterocycles. The molecule has 5 nitrogen and oxygen atoms in total. The van der Waals surface area contributed by atoms with E-state index >= 15 is 0 Å². The normalized spacial score (nSPS) is 12.6. The van der Waals surface area contributed by atoms with E-state index in [4.69, 9.17) is 0 Å². The maximum Gasteiger partial charge on any atom is 0.251 e. The highest BCUT2D eigenvalue weighted by molar-refractivity contribution is 5.09. The van der Waals surface area contributed by atoms with Crippen molar-refractivity contribution in [3.05, 3.63) is 58.0 Å². The molecule has 19 heavy (non-hydrogen) atoms. The molecule has 2 aromatic rings. The maximum atomic E-state index is 11.4. The van der Waals surface area contributed by atoms with Crippen molar-refractivity contribution in [2.75, 3.05) is 7.05 Å². The van der Waals surface area contributed by atoms with Gasteiger partial charge >= 0.3 is 0 Å². The fraction of sp³-hybridized carbons (Fsp3) is 0.357. The molecule has 0 saturated heterocycles. The molecule has 0 bridgehead atoms. The van der Waals surface area contributed by atoms with Gasteiger partial charge in [-0.15, -0.1) is 0 Å². The van der Waals surface area contributed by atoms with Crippen molar-refractivity contribution in [2.45, 2.75) is 26.4 Å². The van der Waals surface area contributed by atoms with Gasteiger partial charge in [0.1, 0.15) is 5.82 Å². The number of aryl methyl sites for hydroxylation is 1. The van der Waals surface area contributed by atoms with Gasteiger partial charge in [0.05, 0.1) is 11.4 Å². The van der Waals surface area contributed by atoms with Crippen LogP contribution in [0.2, 0.25) is 0 Å². The minimum Gasteiger partial charge on any atom is -0.311 e. The van der Waals surface area contributed by atoms with E-state index in [1.54, 1.807) is 13.1 Å². The third kappa shape index (κ3) is 3.48. The lowest BCUT2D eigenvalue weighted by atomic mass is 10.2. The lowest BCUT2D eigenvalue weighted by Crippen LogP contribution is -2.24. The van der Waals surface area contributed by atoms with Crippen LogP contribution in [-0.2, 0) is 6.54 Å². The predicted octanol–water partition coefficient (Wildman–Crippen LogP) is 1.67. The summed E-state index contributed by atoms with van der Waals surface area (Å²) in [4.78, 5) is 24.8. The number of nitrogens with zero attached hydrogens (tertiary/aromatic N) is 3. The van der Waals surface area contributed by atoms with E-state index in [0.29, 0.717) is 12.4 Å². The van der Waals surface area contributed by atoms with Crippen molar-refractivity contribution in [3.63, 3.8) is 0 Å². The molecule has 2 aromatic heterocycles. The second-order valence-corrected chi connectivity index (χ2v) is 4.67. The Bertz CT molecular complexity index is 594. The van der Waals surface area contributed by atoms with Gasteiger partial charge in [-0.3, -0.25) is 14.7 Å². The van der Waals surface area contributed by atoms with Crippen LogP contribution in [0.5, 0.6) is 0 Å². The van der Waals surface area contributed by atoms with Crippen LogP contribution in [0, 0.1) is 6.92 Å². The number of H-pyrrole nitrogens is 1. The molecule has 0 spiro atoms. The molecule has 0 aliphatic rings. The van der Waals surface area contributed by atoms with E-state index in [0.717, 1.165) is 11.4 Å². The molecule has 1 N–H and O–H groups in total. The summed E-state index contributed by atoms with van der Waals surface area (Å²) in [5.41, 5.74) is 1.67. The summed E-state index contributed by atoms with van der Waals surface area (Å²) < 4.78 is 0. The van der Waals surface area contributed by atoms with Gasteiger partial charge in [0.25, 0.3) is 5.56 Å². The first-order valence-electron chi connectivity index (χ1n) is 6.24. The molecule has 2 rings (SSSR count). The van der Waals surface area contributed by atoms with Gasteiger partial charge in [0, 0.05) is 24.8 Å². The van der Waals surface area contributed by atoms with E-state index < -0.39 is 0 Å². The van der Waals surface area contributed by atoms with Gasteiger partial charge in [-0.2, -0.15) is 0 Å². The third-order valence-corrected chi connectivity index (χ3v) is 3.10. The number of aromatic nitrogens is 3. The van der Waals surface area contributed by atoms with Crippen LogP contribution >= 0.6 is 0 Å². The largest absolute Gasteiger partial charge is 0.311 e. The zero-order valence-electron chi connectivity index (χ0n) is 11.4. The minimum atomic E-state index is -0.110. The molecular weight excluding hydrogens is 240 g/mol. The van der Waals surface area contributed by atoms with Crippen LogP contribution in [0.15, 0.2) is 35.3 Å². The summed E-state index contributed by atoms with van der Waals surface area (Å²) in [6, 6.07) is 7.58. The van der Waals surface area contributed by atoms with Gasteiger partial charge in [-0.1, -0.05) is 6.07 Å². The Morgan fingerprint density at radius 2 is 2.21 bits per heavy atom. The molecule has 5 heteroatoms. The standard InChI is InChI=1S/C14H18N4O/c1-10(13-6-4-5-7-15-13)18(3)9-12-8-14(19)17-11(2)16-12/h4-8,10H,9H2,1-3H3,(H,16,17,19)/t10-/m1/s1. The van der Waals surface area contributed by atoms with Gasteiger partial charge in [0.2, 0.25) is 0 Å². The Labute approximate surface area is 112 Å². The molecule has 0 unspecified atom stereocenters. The van der Waals surface area contributed by atoms with Gasteiger partial charge < -0.3 is 4.98 Å². The molecule has 0 fully saturated rings. The van der Waals surface area contributed by atoms with Gasteiger partial charge in [-0.05, 0) is 33.0 Å². The highest BCUT2D eigenvalue weighted by Gasteiger charge is 2.13. The summed E-state index contributed by atoms with van der Waals surface area (Å²) in [7, 11) is 2.00. The van der Waals surface area contributed by atoms with E-state index in [-0.39, 0.29) is 11.6 Å². The summed E-state index contributed by atoms with van der Waals surface area (Å²) in [5, 5.41) is 0. The lowest BCUT2D eigenvalue weighted by molar-refractivity contribution is 0.245. The van der Waals surface area contributed by atoms with Gasteiger partial charge in [-0.25, -0.2) is 4.98 Å². The number of hydrogen-bond donors (Lipinski definition) is 1. The van der Waals surface area contributed by atoms with E-state index in [9.17, 15) is 4.79 Å². The highest BCUT2D eigenvalue weighted by Crippen LogP contribution is 2.17. The fourth-order valence-electron chi connectivity index (χ4n) is 1.96. The first-order valence-corrected chi connectivity index (χ1v) is 6.24. The number of pyridine rings is 1. The predicted molar refractivity (Wildman–Crippen MR) is 73.7 cm³/mol.